The average molecular weight is 285 g/mol. The fourth-order valence-corrected chi connectivity index (χ4v) is 4.05. The summed E-state index contributed by atoms with van der Waals surface area (Å²) in [6.07, 6.45) is 2.16. The topological polar surface area (TPSA) is 72.5 Å². The van der Waals surface area contributed by atoms with E-state index >= 15 is 0 Å². The van der Waals surface area contributed by atoms with E-state index in [2.05, 4.69) is 12.2 Å². The second-order valence-corrected chi connectivity index (χ2v) is 7.93. The number of hydrogen-bond acceptors (Lipinski definition) is 5. The molecule has 0 fully saturated rings. The van der Waals surface area contributed by atoms with E-state index in [4.69, 9.17) is 4.74 Å². The van der Waals surface area contributed by atoms with Gasteiger partial charge in [0.05, 0.1) is 12.4 Å². The first kappa shape index (κ1) is 17.0. The summed E-state index contributed by atoms with van der Waals surface area (Å²) in [5, 5.41) is 3.23. The van der Waals surface area contributed by atoms with Crippen LogP contribution in [0.1, 0.15) is 13.3 Å². The first-order chi connectivity index (χ1) is 7.89. The molecule has 0 heterocycles. The number of rotatable bonds is 10. The van der Waals surface area contributed by atoms with Crippen molar-refractivity contribution in [1.29, 1.82) is 0 Å². The van der Waals surface area contributed by atoms with Crippen LogP contribution in [0, 0.1) is 0 Å². The third-order valence-electron chi connectivity index (χ3n) is 2.12. The molecule has 0 aromatic heterocycles. The van der Waals surface area contributed by atoms with Crippen molar-refractivity contribution in [2.75, 3.05) is 43.8 Å². The van der Waals surface area contributed by atoms with Crippen molar-refractivity contribution in [3.05, 3.63) is 0 Å². The van der Waals surface area contributed by atoms with E-state index in [1.54, 1.807) is 7.11 Å². The molecule has 0 radical (unpaired) electrons. The van der Waals surface area contributed by atoms with Crippen LogP contribution < -0.4 is 5.32 Å². The van der Waals surface area contributed by atoms with Gasteiger partial charge in [0, 0.05) is 41.7 Å². The van der Waals surface area contributed by atoms with Crippen LogP contribution in [-0.4, -0.2) is 62.4 Å². The highest BCUT2D eigenvalue weighted by Crippen LogP contribution is 1.94. The molecule has 0 amide bonds. The van der Waals surface area contributed by atoms with Crippen LogP contribution in [0.4, 0.5) is 0 Å². The molecule has 7 heteroatoms. The Morgan fingerprint density at radius 1 is 1.41 bits per heavy atom. The van der Waals surface area contributed by atoms with Gasteiger partial charge in [0.2, 0.25) is 0 Å². The minimum Gasteiger partial charge on any atom is -0.383 e. The van der Waals surface area contributed by atoms with Crippen molar-refractivity contribution >= 4 is 20.6 Å². The molecule has 1 N–H and O–H groups in total. The zero-order valence-electron chi connectivity index (χ0n) is 10.8. The molecule has 0 aromatic carbocycles. The monoisotopic (exact) mass is 285 g/mol. The highest BCUT2D eigenvalue weighted by molar-refractivity contribution is 7.92. The van der Waals surface area contributed by atoms with Crippen molar-refractivity contribution < 1.29 is 17.4 Å². The summed E-state index contributed by atoms with van der Waals surface area (Å²) in [4.78, 5) is 0. The summed E-state index contributed by atoms with van der Waals surface area (Å²) in [7, 11) is -2.55. The second-order valence-electron chi connectivity index (χ2n) is 4.05. The standard InChI is InChI=1S/C10H23NO4S2/c1-4-5-11-10(8-15-2)9-16(12)6-7-17(3,13)14/h10-11H,4-9H2,1-3H3. The Morgan fingerprint density at radius 2 is 2.06 bits per heavy atom. The molecule has 0 rings (SSSR count). The number of sulfone groups is 1. The van der Waals surface area contributed by atoms with E-state index < -0.39 is 20.6 Å². The number of ether oxygens (including phenoxy) is 1. The summed E-state index contributed by atoms with van der Waals surface area (Å²) in [5.74, 6) is 0.614. The normalized spacial score (nSPS) is 15.7. The fraction of sp³-hybridized carbons (Fsp3) is 1.00. The van der Waals surface area contributed by atoms with Gasteiger partial charge in [-0.1, -0.05) is 6.92 Å². The predicted molar refractivity (Wildman–Crippen MR) is 71.5 cm³/mol. The SMILES string of the molecule is CCCNC(COC)CS(=O)CCS(C)(=O)=O. The molecular formula is C10H23NO4S2. The van der Waals surface area contributed by atoms with Crippen LogP contribution in [0.15, 0.2) is 0 Å². The maximum Gasteiger partial charge on any atom is 0.148 e. The quantitative estimate of drug-likeness (QED) is 0.601. The summed E-state index contributed by atoms with van der Waals surface area (Å²) < 4.78 is 38.6. The average Bonchev–Trinajstić information content (AvgIpc) is 2.22. The molecule has 5 nitrogen and oxygen atoms in total. The third-order valence-corrected chi connectivity index (χ3v) is 4.76. The molecule has 0 aromatic rings. The molecule has 104 valence electrons. The molecule has 17 heavy (non-hydrogen) atoms. The highest BCUT2D eigenvalue weighted by Gasteiger charge is 2.13. The largest absolute Gasteiger partial charge is 0.383 e. The van der Waals surface area contributed by atoms with Gasteiger partial charge >= 0.3 is 0 Å². The van der Waals surface area contributed by atoms with Crippen molar-refractivity contribution in [2.24, 2.45) is 0 Å². The fourth-order valence-electron chi connectivity index (χ4n) is 1.27. The van der Waals surface area contributed by atoms with Crippen molar-refractivity contribution in [1.82, 2.24) is 5.32 Å². The van der Waals surface area contributed by atoms with Gasteiger partial charge in [-0.3, -0.25) is 4.21 Å². The van der Waals surface area contributed by atoms with E-state index in [1.165, 1.54) is 0 Å². The lowest BCUT2D eigenvalue weighted by molar-refractivity contribution is 0.173. The number of hydrogen-bond donors (Lipinski definition) is 1. The molecule has 0 aliphatic carbocycles. The molecule has 0 bridgehead atoms. The van der Waals surface area contributed by atoms with Crippen LogP contribution in [0.25, 0.3) is 0 Å². The van der Waals surface area contributed by atoms with Crippen LogP contribution in [0.3, 0.4) is 0 Å². The maximum atomic E-state index is 11.7. The lowest BCUT2D eigenvalue weighted by Crippen LogP contribution is -2.39. The molecule has 2 atom stereocenters. The molecule has 0 aliphatic heterocycles. The molecule has 0 saturated carbocycles. The Labute approximate surface area is 107 Å². The molecule has 0 aliphatic rings. The Kier molecular flexibility index (Phi) is 9.03. The number of nitrogens with one attached hydrogen (secondary N) is 1. The Balaban J connectivity index is 4.02. The van der Waals surface area contributed by atoms with Crippen LogP contribution in [0.2, 0.25) is 0 Å². The van der Waals surface area contributed by atoms with Crippen molar-refractivity contribution in [3.63, 3.8) is 0 Å². The molecule has 2 unspecified atom stereocenters. The van der Waals surface area contributed by atoms with Gasteiger partial charge in [0.15, 0.2) is 0 Å². The van der Waals surface area contributed by atoms with Gasteiger partial charge in [0.25, 0.3) is 0 Å². The second kappa shape index (κ2) is 9.02. The minimum atomic E-state index is -3.03. The zero-order valence-corrected chi connectivity index (χ0v) is 12.4. The first-order valence-corrected chi connectivity index (χ1v) is 9.19. The molecule has 0 spiro atoms. The highest BCUT2D eigenvalue weighted by atomic mass is 32.2. The van der Waals surface area contributed by atoms with E-state index in [-0.39, 0.29) is 17.5 Å². The maximum absolute atomic E-state index is 11.7. The van der Waals surface area contributed by atoms with E-state index in [1.807, 2.05) is 0 Å². The zero-order chi connectivity index (χ0) is 13.3. The summed E-state index contributed by atoms with van der Waals surface area (Å²) in [6.45, 7) is 3.39. The van der Waals surface area contributed by atoms with E-state index in [9.17, 15) is 12.6 Å². The minimum absolute atomic E-state index is 0.0207. The Morgan fingerprint density at radius 3 is 2.53 bits per heavy atom. The lowest BCUT2D eigenvalue weighted by Gasteiger charge is -2.16. The summed E-state index contributed by atoms with van der Waals surface area (Å²) >= 11 is 0. The van der Waals surface area contributed by atoms with Crippen LogP contribution >= 0.6 is 0 Å². The van der Waals surface area contributed by atoms with Gasteiger partial charge in [-0.25, -0.2) is 8.42 Å². The first-order valence-electron chi connectivity index (χ1n) is 5.64. The summed E-state index contributed by atoms with van der Waals surface area (Å²) in [6, 6.07) is 0.0281. The lowest BCUT2D eigenvalue weighted by atomic mass is 10.3. The third kappa shape index (κ3) is 10.9. The molecule has 0 saturated heterocycles. The van der Waals surface area contributed by atoms with E-state index in [0.29, 0.717) is 12.4 Å². The van der Waals surface area contributed by atoms with Gasteiger partial charge < -0.3 is 10.1 Å². The van der Waals surface area contributed by atoms with Crippen LogP contribution in [0.5, 0.6) is 0 Å². The summed E-state index contributed by atoms with van der Waals surface area (Å²) in [5.41, 5.74) is 0. The van der Waals surface area contributed by atoms with Gasteiger partial charge in [-0.15, -0.1) is 0 Å². The predicted octanol–water partition coefficient (Wildman–Crippen LogP) is -0.206. The smallest absolute Gasteiger partial charge is 0.148 e. The van der Waals surface area contributed by atoms with Gasteiger partial charge in [0.1, 0.15) is 9.84 Å². The number of methoxy groups -OCH3 is 1. The van der Waals surface area contributed by atoms with E-state index in [0.717, 1.165) is 19.2 Å². The van der Waals surface area contributed by atoms with Gasteiger partial charge in [-0.2, -0.15) is 0 Å². The molecular weight excluding hydrogens is 262 g/mol. The van der Waals surface area contributed by atoms with Crippen molar-refractivity contribution in [2.45, 2.75) is 19.4 Å². The Bertz CT molecular complexity index is 316. The Hall–Kier alpha value is 0.0200. The van der Waals surface area contributed by atoms with Crippen LogP contribution in [-0.2, 0) is 25.4 Å². The van der Waals surface area contributed by atoms with Crippen molar-refractivity contribution in [3.8, 4) is 0 Å². The van der Waals surface area contributed by atoms with Gasteiger partial charge in [-0.05, 0) is 13.0 Å².